The molecule has 1 aromatic rings. The fourth-order valence-corrected chi connectivity index (χ4v) is 3.74. The van der Waals surface area contributed by atoms with Crippen LogP contribution >= 0.6 is 11.3 Å². The van der Waals surface area contributed by atoms with Gasteiger partial charge in [0.05, 0.1) is 5.69 Å². The zero-order valence-electron chi connectivity index (χ0n) is 16.4. The number of hydrogen-bond donors (Lipinski definition) is 2. The molecule has 0 unspecified atom stereocenters. The van der Waals surface area contributed by atoms with E-state index in [0.717, 1.165) is 71.2 Å². The third kappa shape index (κ3) is 7.91. The van der Waals surface area contributed by atoms with Crippen molar-refractivity contribution in [2.75, 3.05) is 50.8 Å². The smallest absolute Gasteiger partial charge is 0.191 e. The molecule has 7 heteroatoms. The van der Waals surface area contributed by atoms with Crippen LogP contribution in [0.4, 0.5) is 5.13 Å². The van der Waals surface area contributed by atoms with E-state index in [9.17, 15) is 0 Å². The van der Waals surface area contributed by atoms with E-state index in [1.54, 1.807) is 11.3 Å². The van der Waals surface area contributed by atoms with Gasteiger partial charge in [0, 0.05) is 57.7 Å². The Morgan fingerprint density at radius 3 is 2.81 bits per heavy atom. The largest absolute Gasteiger partial charge is 0.381 e. The molecule has 0 amide bonds. The van der Waals surface area contributed by atoms with Gasteiger partial charge in [-0.05, 0) is 32.6 Å². The van der Waals surface area contributed by atoms with Crippen LogP contribution in [0, 0.1) is 0 Å². The molecule has 1 fully saturated rings. The van der Waals surface area contributed by atoms with E-state index in [0.29, 0.717) is 0 Å². The summed E-state index contributed by atoms with van der Waals surface area (Å²) < 4.78 is 5.58. The molecule has 1 aliphatic heterocycles. The van der Waals surface area contributed by atoms with E-state index in [4.69, 9.17) is 9.72 Å². The predicted octanol–water partition coefficient (Wildman–Crippen LogP) is 3.05. The Bertz CT molecular complexity index is 514. The van der Waals surface area contributed by atoms with Gasteiger partial charge in [0.1, 0.15) is 0 Å². The number of nitrogens with one attached hydrogen (secondary N) is 2. The molecule has 2 N–H and O–H groups in total. The highest BCUT2D eigenvalue weighted by Gasteiger charge is 2.15. The Kier molecular flexibility index (Phi) is 10.4. The van der Waals surface area contributed by atoms with E-state index in [-0.39, 0.29) is 0 Å². The molecule has 1 saturated heterocycles. The minimum Gasteiger partial charge on any atom is -0.381 e. The van der Waals surface area contributed by atoms with Crippen LogP contribution in [0.2, 0.25) is 0 Å². The van der Waals surface area contributed by atoms with Crippen molar-refractivity contribution in [1.29, 1.82) is 0 Å². The monoisotopic (exact) mass is 381 g/mol. The Hall–Kier alpha value is -1.34. The first kappa shape index (κ1) is 21.0. The van der Waals surface area contributed by atoms with Crippen molar-refractivity contribution in [2.24, 2.45) is 4.99 Å². The van der Waals surface area contributed by atoms with E-state index < -0.39 is 0 Å². The number of thiazole rings is 1. The molecule has 0 aliphatic carbocycles. The molecule has 2 heterocycles. The van der Waals surface area contributed by atoms with Gasteiger partial charge in [-0.25, -0.2) is 4.98 Å². The molecule has 0 bridgehead atoms. The van der Waals surface area contributed by atoms with Gasteiger partial charge in [0.15, 0.2) is 11.1 Å². The highest BCUT2D eigenvalue weighted by atomic mass is 32.1. The summed E-state index contributed by atoms with van der Waals surface area (Å²) >= 11 is 1.77. The quantitative estimate of drug-likeness (QED) is 0.331. The summed E-state index contributed by atoms with van der Waals surface area (Å²) in [4.78, 5) is 11.8. The summed E-state index contributed by atoms with van der Waals surface area (Å²) in [6.07, 6.45) is 6.81. The third-order valence-electron chi connectivity index (χ3n) is 4.29. The van der Waals surface area contributed by atoms with Crippen molar-refractivity contribution in [3.63, 3.8) is 0 Å². The summed E-state index contributed by atoms with van der Waals surface area (Å²) in [5.41, 5.74) is 1.17. The first-order chi connectivity index (χ1) is 12.8. The lowest BCUT2D eigenvalue weighted by atomic mass is 10.3. The highest BCUT2D eigenvalue weighted by Crippen LogP contribution is 2.24. The maximum absolute atomic E-state index is 5.58. The molecular formula is C19H35N5OS. The van der Waals surface area contributed by atoms with Crippen LogP contribution < -0.4 is 15.5 Å². The second kappa shape index (κ2) is 12.9. The molecule has 0 radical (unpaired) electrons. The van der Waals surface area contributed by atoms with E-state index in [2.05, 4.69) is 39.8 Å². The molecule has 1 aliphatic rings. The average Bonchev–Trinajstić information content (AvgIpc) is 3.32. The molecule has 26 heavy (non-hydrogen) atoms. The second-order valence-corrected chi connectivity index (χ2v) is 7.41. The molecule has 0 aromatic carbocycles. The Morgan fingerprint density at radius 1 is 1.23 bits per heavy atom. The highest BCUT2D eigenvalue weighted by molar-refractivity contribution is 7.13. The predicted molar refractivity (Wildman–Crippen MR) is 112 cm³/mol. The molecule has 0 atom stereocenters. The summed E-state index contributed by atoms with van der Waals surface area (Å²) in [5, 5.41) is 10.1. The average molecular weight is 382 g/mol. The molecule has 0 spiro atoms. The molecule has 1 aromatic heterocycles. The maximum atomic E-state index is 5.58. The number of rotatable bonds is 12. The zero-order chi connectivity index (χ0) is 18.5. The number of ether oxygens (including phenoxy) is 1. The molecule has 0 saturated carbocycles. The van der Waals surface area contributed by atoms with Crippen molar-refractivity contribution in [3.05, 3.63) is 11.1 Å². The zero-order valence-corrected chi connectivity index (χ0v) is 17.2. The Balaban J connectivity index is 1.64. The maximum Gasteiger partial charge on any atom is 0.191 e. The van der Waals surface area contributed by atoms with Crippen LogP contribution in [-0.2, 0) is 11.2 Å². The topological polar surface area (TPSA) is 61.8 Å². The Labute approximate surface area is 162 Å². The number of anilines is 1. The first-order valence-corrected chi connectivity index (χ1v) is 11.0. The molecule has 148 valence electrons. The van der Waals surface area contributed by atoms with Gasteiger partial charge in [-0.15, -0.1) is 11.3 Å². The Morgan fingerprint density at radius 2 is 2.04 bits per heavy atom. The van der Waals surface area contributed by atoms with Crippen LogP contribution in [-0.4, -0.2) is 56.9 Å². The fraction of sp³-hybridized carbons (Fsp3) is 0.789. The molecule has 6 nitrogen and oxygen atoms in total. The van der Waals surface area contributed by atoms with Gasteiger partial charge in [-0.1, -0.05) is 13.3 Å². The summed E-state index contributed by atoms with van der Waals surface area (Å²) in [7, 11) is 0. The van der Waals surface area contributed by atoms with Crippen LogP contribution in [0.3, 0.4) is 0 Å². The summed E-state index contributed by atoms with van der Waals surface area (Å²) in [5.74, 6) is 0.885. The minimum absolute atomic E-state index is 0.789. The van der Waals surface area contributed by atoms with Gasteiger partial charge in [0.25, 0.3) is 0 Å². The van der Waals surface area contributed by atoms with Crippen LogP contribution in [0.5, 0.6) is 0 Å². The number of nitrogens with zero attached hydrogens (tertiary/aromatic N) is 3. The van der Waals surface area contributed by atoms with Gasteiger partial charge >= 0.3 is 0 Å². The number of hydrogen-bond acceptors (Lipinski definition) is 5. The molecular weight excluding hydrogens is 346 g/mol. The van der Waals surface area contributed by atoms with E-state index >= 15 is 0 Å². The van der Waals surface area contributed by atoms with Gasteiger partial charge in [-0.3, -0.25) is 4.99 Å². The second-order valence-electron chi connectivity index (χ2n) is 6.57. The molecule has 2 rings (SSSR count). The van der Waals surface area contributed by atoms with Crippen molar-refractivity contribution in [3.8, 4) is 0 Å². The van der Waals surface area contributed by atoms with Crippen molar-refractivity contribution >= 4 is 22.4 Å². The van der Waals surface area contributed by atoms with Crippen LogP contribution in [0.15, 0.2) is 10.4 Å². The van der Waals surface area contributed by atoms with Gasteiger partial charge in [0.2, 0.25) is 0 Å². The normalized spacial score (nSPS) is 14.8. The SMILES string of the molecule is CCCCOCCCN=C(NCC)NCCc1csc(N2CCCC2)n1. The first-order valence-electron chi connectivity index (χ1n) is 10.1. The third-order valence-corrected chi connectivity index (χ3v) is 5.24. The van der Waals surface area contributed by atoms with Gasteiger partial charge in [-0.2, -0.15) is 0 Å². The van der Waals surface area contributed by atoms with Crippen molar-refractivity contribution < 1.29 is 4.74 Å². The summed E-state index contributed by atoms with van der Waals surface area (Å²) in [6, 6.07) is 0. The van der Waals surface area contributed by atoms with Crippen molar-refractivity contribution in [2.45, 2.75) is 52.4 Å². The standard InChI is InChI=1S/C19H35N5OS/c1-3-5-14-25-15-8-10-21-18(20-4-2)22-11-9-17-16-26-19(23-17)24-12-6-7-13-24/h16H,3-15H2,1-2H3,(H2,20,21,22). The number of guanidine groups is 1. The number of aromatic nitrogens is 1. The van der Waals surface area contributed by atoms with Crippen LogP contribution in [0.1, 0.15) is 51.6 Å². The van der Waals surface area contributed by atoms with E-state index in [1.807, 2.05) is 0 Å². The van der Waals surface area contributed by atoms with Crippen molar-refractivity contribution in [1.82, 2.24) is 15.6 Å². The lowest BCUT2D eigenvalue weighted by Crippen LogP contribution is -2.38. The fourth-order valence-electron chi connectivity index (χ4n) is 2.82. The number of unbranched alkanes of at least 4 members (excludes halogenated alkanes) is 1. The van der Waals surface area contributed by atoms with Gasteiger partial charge < -0.3 is 20.3 Å². The summed E-state index contributed by atoms with van der Waals surface area (Å²) in [6.45, 7) is 10.8. The number of aliphatic imine (C=N–C) groups is 1. The lowest BCUT2D eigenvalue weighted by Gasteiger charge is -2.12. The lowest BCUT2D eigenvalue weighted by molar-refractivity contribution is 0.130. The van der Waals surface area contributed by atoms with E-state index in [1.165, 1.54) is 30.1 Å². The minimum atomic E-state index is 0.789. The van der Waals surface area contributed by atoms with Crippen LogP contribution in [0.25, 0.3) is 0 Å².